The topological polar surface area (TPSA) is 146 Å². The van der Waals surface area contributed by atoms with E-state index in [-0.39, 0.29) is 51.8 Å². The van der Waals surface area contributed by atoms with Gasteiger partial charge < -0.3 is 20.4 Å². The van der Waals surface area contributed by atoms with Crippen molar-refractivity contribution in [2.75, 3.05) is 27.2 Å². The van der Waals surface area contributed by atoms with E-state index in [1.54, 1.807) is 12.3 Å². The number of benzene rings is 3. The third-order valence-electron chi connectivity index (χ3n) is 9.61. The van der Waals surface area contributed by atoms with E-state index < -0.39 is 33.9 Å². The fourth-order valence-electron chi connectivity index (χ4n) is 6.96. The fourth-order valence-corrected chi connectivity index (χ4v) is 8.79. The first-order chi connectivity index (χ1) is 23.8. The summed E-state index contributed by atoms with van der Waals surface area (Å²) in [6.07, 6.45) is 5.17. The van der Waals surface area contributed by atoms with Crippen LogP contribution in [0.4, 0.5) is 4.79 Å². The van der Waals surface area contributed by atoms with E-state index in [9.17, 15) is 22.8 Å². The van der Waals surface area contributed by atoms with Gasteiger partial charge in [0.2, 0.25) is 0 Å². The molecule has 1 aliphatic carbocycles. The molecule has 14 heteroatoms. The van der Waals surface area contributed by atoms with Crippen LogP contribution in [-0.2, 0) is 21.2 Å². The van der Waals surface area contributed by atoms with Gasteiger partial charge in [0.25, 0.3) is 21.8 Å². The van der Waals surface area contributed by atoms with Gasteiger partial charge in [0.15, 0.2) is 0 Å². The molecule has 1 aromatic heterocycles. The first kappa shape index (κ1) is 35.7. The summed E-state index contributed by atoms with van der Waals surface area (Å²) in [6.45, 7) is 2.57. The Morgan fingerprint density at radius 2 is 1.80 bits per heavy atom. The lowest BCUT2D eigenvalue weighted by Crippen LogP contribution is -2.42. The number of ether oxygens (including phenoxy) is 1. The van der Waals surface area contributed by atoms with Gasteiger partial charge in [-0.3, -0.25) is 14.5 Å². The Labute approximate surface area is 301 Å². The van der Waals surface area contributed by atoms with Crippen molar-refractivity contribution in [2.45, 2.75) is 50.0 Å². The average molecular weight is 741 g/mol. The molecule has 4 amide bonds. The van der Waals surface area contributed by atoms with Crippen LogP contribution >= 0.6 is 23.2 Å². The zero-order valence-corrected chi connectivity index (χ0v) is 30.3. The minimum atomic E-state index is -4.68. The number of fused-ring (bicyclic) bond motifs is 1. The van der Waals surface area contributed by atoms with Crippen LogP contribution in [0.2, 0.25) is 10.0 Å². The van der Waals surface area contributed by atoms with E-state index >= 15 is 0 Å². The number of para-hydroxylation sites is 1. The second kappa shape index (κ2) is 14.3. The van der Waals surface area contributed by atoms with Crippen molar-refractivity contribution in [3.8, 4) is 11.5 Å². The molecule has 11 nitrogen and oxygen atoms in total. The quantitative estimate of drug-likeness (QED) is 0.174. The van der Waals surface area contributed by atoms with Gasteiger partial charge in [0.1, 0.15) is 17.5 Å². The van der Waals surface area contributed by atoms with Crippen molar-refractivity contribution in [3.63, 3.8) is 0 Å². The normalized spacial score (nSPS) is 19.8. The molecule has 0 bridgehead atoms. The van der Waals surface area contributed by atoms with Gasteiger partial charge in [-0.15, -0.1) is 0 Å². The van der Waals surface area contributed by atoms with E-state index in [1.165, 1.54) is 49.3 Å². The number of aryl methyl sites for hydroxylation is 1. The molecule has 0 spiro atoms. The number of aromatic amines is 1. The summed E-state index contributed by atoms with van der Waals surface area (Å²) in [7, 11) is -1.64. The molecule has 1 saturated carbocycles. The number of imide groups is 1. The van der Waals surface area contributed by atoms with Crippen LogP contribution in [0.1, 0.15) is 47.2 Å². The first-order valence-electron chi connectivity index (χ1n) is 16.4. The maximum Gasteiger partial charge on any atom is 0.341 e. The van der Waals surface area contributed by atoms with Crippen LogP contribution < -0.4 is 10.5 Å². The number of hydrogen-bond acceptors (Lipinski definition) is 7. The van der Waals surface area contributed by atoms with Crippen LogP contribution in [-0.4, -0.2) is 78.6 Å². The first-order valence-corrected chi connectivity index (χ1v) is 18.6. The Morgan fingerprint density at radius 1 is 1.04 bits per heavy atom. The summed E-state index contributed by atoms with van der Waals surface area (Å²) in [6, 6.07) is 11.8. The number of H-pyrrole nitrogens is 1. The Hall–Kier alpha value is -4.10. The smallest absolute Gasteiger partial charge is 0.341 e. The van der Waals surface area contributed by atoms with Gasteiger partial charge in [0.05, 0.1) is 20.5 Å². The van der Waals surface area contributed by atoms with Crippen LogP contribution in [0.5, 0.6) is 11.5 Å². The van der Waals surface area contributed by atoms with Gasteiger partial charge in [-0.25, -0.2) is 17.5 Å². The highest BCUT2D eigenvalue weighted by Gasteiger charge is 2.52. The standard InChI is InChI=1S/C36H39Cl2N5O6S/c1-21-6-4-9-27-24(19-40-33(21)27)15-31-35(45)42(20-23-8-5-7-22(14-23)18-39)36(46)43(31)50(47,48)26-11-13-32(28(17-26)34(44)41(2)3)49-25-10-12-29(37)30(38)16-25/h4,6,9-13,16-17,19,22-23,31,40H,5,7-8,14-15,18,20,39H2,1-3H3. The SMILES string of the molecule is Cc1cccc2c(CC3C(=O)N(CC4CCCC(CN)C4)C(=O)N3S(=O)(=O)c3ccc(Oc4ccc(Cl)c(Cl)c4)c(C(=O)N(C)C)c3)c[nH]c12. The van der Waals surface area contributed by atoms with Crippen LogP contribution in [0, 0.1) is 18.8 Å². The molecule has 1 saturated heterocycles. The molecule has 1 aliphatic heterocycles. The number of urea groups is 1. The van der Waals surface area contributed by atoms with Gasteiger partial charge >= 0.3 is 6.03 Å². The maximum absolute atomic E-state index is 14.6. The lowest BCUT2D eigenvalue weighted by molar-refractivity contribution is -0.128. The summed E-state index contributed by atoms with van der Waals surface area (Å²) >= 11 is 12.2. The summed E-state index contributed by atoms with van der Waals surface area (Å²) in [5.74, 6) is -0.508. The van der Waals surface area contributed by atoms with Crippen molar-refractivity contribution in [1.29, 1.82) is 0 Å². The highest BCUT2D eigenvalue weighted by Crippen LogP contribution is 2.37. The van der Waals surface area contributed by atoms with Crippen molar-refractivity contribution in [1.82, 2.24) is 19.1 Å². The van der Waals surface area contributed by atoms with E-state index in [0.29, 0.717) is 21.4 Å². The molecular formula is C36H39Cl2N5O6S. The second-order valence-corrected chi connectivity index (χ2v) is 15.9. The molecule has 3 atom stereocenters. The molecule has 2 fully saturated rings. The predicted molar refractivity (Wildman–Crippen MR) is 192 cm³/mol. The molecule has 0 radical (unpaired) electrons. The van der Waals surface area contributed by atoms with Crippen LogP contribution in [0.3, 0.4) is 0 Å². The lowest BCUT2D eigenvalue weighted by atomic mass is 9.81. The summed E-state index contributed by atoms with van der Waals surface area (Å²) in [4.78, 5) is 47.1. The summed E-state index contributed by atoms with van der Waals surface area (Å²) in [5, 5.41) is 1.37. The van der Waals surface area contributed by atoms with E-state index in [0.717, 1.165) is 47.0 Å². The van der Waals surface area contributed by atoms with Crippen molar-refractivity contribution in [2.24, 2.45) is 17.6 Å². The number of nitrogens with two attached hydrogens (primary N) is 1. The van der Waals surface area contributed by atoms with Crippen molar-refractivity contribution in [3.05, 3.63) is 87.5 Å². The second-order valence-electron chi connectivity index (χ2n) is 13.2. The zero-order valence-electron chi connectivity index (χ0n) is 28.0. The minimum Gasteiger partial charge on any atom is -0.456 e. The third-order valence-corrected chi connectivity index (χ3v) is 12.1. The van der Waals surface area contributed by atoms with Gasteiger partial charge in [-0.2, -0.15) is 0 Å². The van der Waals surface area contributed by atoms with Gasteiger partial charge in [-0.05, 0) is 86.0 Å². The molecular weight excluding hydrogens is 701 g/mol. The molecule has 2 heterocycles. The lowest BCUT2D eigenvalue weighted by Gasteiger charge is -2.30. The molecule has 264 valence electrons. The number of halogens is 2. The van der Waals surface area contributed by atoms with Crippen molar-refractivity contribution < 1.29 is 27.5 Å². The Bertz CT molecular complexity index is 2080. The number of nitrogens with zero attached hydrogens (tertiary/aromatic N) is 3. The number of sulfonamides is 1. The van der Waals surface area contributed by atoms with Crippen LogP contribution in [0.25, 0.3) is 10.9 Å². The Kier molecular flexibility index (Phi) is 10.2. The largest absolute Gasteiger partial charge is 0.456 e. The molecule has 3 N–H and O–H groups in total. The van der Waals surface area contributed by atoms with Gasteiger partial charge in [0, 0.05) is 50.2 Å². The minimum absolute atomic E-state index is 0.00589. The van der Waals surface area contributed by atoms with Gasteiger partial charge in [-0.1, -0.05) is 47.8 Å². The average Bonchev–Trinajstić information content (AvgIpc) is 3.61. The molecule has 2 aliphatic rings. The predicted octanol–water partition coefficient (Wildman–Crippen LogP) is 6.61. The monoisotopic (exact) mass is 739 g/mol. The molecule has 3 aromatic carbocycles. The highest BCUT2D eigenvalue weighted by molar-refractivity contribution is 7.89. The maximum atomic E-state index is 14.6. The number of rotatable bonds is 10. The Balaban J connectivity index is 1.40. The fraction of sp³-hybridized carbons (Fsp3) is 0.361. The number of carbonyl (C=O) groups excluding carboxylic acids is 3. The number of amides is 4. The number of aromatic nitrogens is 1. The summed E-state index contributed by atoms with van der Waals surface area (Å²) < 4.78 is 35.8. The van der Waals surface area contributed by atoms with E-state index in [4.69, 9.17) is 33.7 Å². The number of carbonyl (C=O) groups is 3. The number of nitrogens with one attached hydrogen (secondary N) is 1. The molecule has 50 heavy (non-hydrogen) atoms. The zero-order chi connectivity index (χ0) is 35.9. The van der Waals surface area contributed by atoms with Crippen molar-refractivity contribution >= 4 is 62.0 Å². The Morgan fingerprint density at radius 3 is 2.52 bits per heavy atom. The van der Waals surface area contributed by atoms with E-state index in [2.05, 4.69) is 4.98 Å². The molecule has 6 rings (SSSR count). The van der Waals surface area contributed by atoms with Crippen LogP contribution in [0.15, 0.2) is 65.7 Å². The summed E-state index contributed by atoms with van der Waals surface area (Å²) in [5.41, 5.74) is 8.44. The molecule has 3 unspecified atom stereocenters. The van der Waals surface area contributed by atoms with E-state index in [1.807, 2.05) is 25.1 Å². The highest BCUT2D eigenvalue weighted by atomic mass is 35.5. The third kappa shape index (κ3) is 6.81. The molecule has 4 aromatic rings. The number of hydrogen-bond donors (Lipinski definition) is 2.